The number of rotatable bonds is 7. The Bertz CT molecular complexity index is 916. The lowest BCUT2D eigenvalue weighted by molar-refractivity contribution is 0.102. The Hall–Kier alpha value is -1.62. The molecule has 0 aliphatic heterocycles. The van der Waals surface area contributed by atoms with Crippen molar-refractivity contribution in [3.05, 3.63) is 81.0 Å². The highest BCUT2D eigenvalue weighted by Gasteiger charge is 2.16. The van der Waals surface area contributed by atoms with E-state index in [1.54, 1.807) is 24.1 Å². The van der Waals surface area contributed by atoms with Crippen LogP contribution in [0.2, 0.25) is 10.0 Å². The van der Waals surface area contributed by atoms with Gasteiger partial charge in [-0.1, -0.05) is 29.3 Å². The molecular weight excluding hydrogens is 389 g/mol. The van der Waals surface area contributed by atoms with Crippen LogP contribution in [-0.4, -0.2) is 16.1 Å². The highest BCUT2D eigenvalue weighted by Crippen LogP contribution is 2.25. The molecule has 0 unspecified atom stereocenters. The summed E-state index contributed by atoms with van der Waals surface area (Å²) in [6, 6.07) is 11.3. The molecule has 0 radical (unpaired) electrons. The quantitative estimate of drug-likeness (QED) is 0.439. The second kappa shape index (κ2) is 8.38. The number of thioether (sulfide) groups is 1. The van der Waals surface area contributed by atoms with Gasteiger partial charge in [-0.25, -0.2) is 0 Å². The molecule has 0 N–H and O–H groups in total. The average Bonchev–Trinajstić information content (AvgIpc) is 3.22. The van der Waals surface area contributed by atoms with E-state index in [-0.39, 0.29) is 5.78 Å². The van der Waals surface area contributed by atoms with Gasteiger partial charge in [-0.3, -0.25) is 4.79 Å². The lowest BCUT2D eigenvalue weighted by Crippen LogP contribution is -2.07. The Labute approximate surface area is 167 Å². The van der Waals surface area contributed by atoms with Gasteiger partial charge < -0.3 is 8.98 Å². The number of aryl methyl sites for hydroxylation is 1. The van der Waals surface area contributed by atoms with Crippen LogP contribution in [-0.2, 0) is 12.3 Å². The number of aromatic nitrogens is 1. The smallest absolute Gasteiger partial charge is 0.174 e. The van der Waals surface area contributed by atoms with Crippen molar-refractivity contribution in [2.24, 2.45) is 0 Å². The summed E-state index contributed by atoms with van der Waals surface area (Å²) >= 11 is 13.5. The van der Waals surface area contributed by atoms with E-state index in [9.17, 15) is 4.79 Å². The number of hydrogen-bond acceptors (Lipinski definition) is 3. The summed E-state index contributed by atoms with van der Waals surface area (Å²) in [4.78, 5) is 12.6. The fraction of sp³-hybridized carbons (Fsp3) is 0.250. The standard InChI is InChI=1S/C20H19Cl2NO2S/c1-13-8-17(14(2)23(13)10-16-4-3-7-25-16)20(24)12-26-11-15-5-6-18(21)19(22)9-15/h3-9H,10-12H2,1-2H3. The maximum atomic E-state index is 12.6. The van der Waals surface area contributed by atoms with Gasteiger partial charge in [0.1, 0.15) is 5.76 Å². The average molecular weight is 408 g/mol. The minimum absolute atomic E-state index is 0.133. The zero-order valence-electron chi connectivity index (χ0n) is 14.6. The molecule has 3 aromatic rings. The van der Waals surface area contributed by atoms with Crippen LogP contribution in [0.3, 0.4) is 0 Å². The van der Waals surface area contributed by atoms with E-state index in [0.717, 1.165) is 28.3 Å². The predicted molar refractivity (Wildman–Crippen MR) is 109 cm³/mol. The Morgan fingerprint density at radius 3 is 2.65 bits per heavy atom. The van der Waals surface area contributed by atoms with Gasteiger partial charge >= 0.3 is 0 Å². The van der Waals surface area contributed by atoms with Crippen molar-refractivity contribution < 1.29 is 9.21 Å². The molecule has 0 fully saturated rings. The first-order chi connectivity index (χ1) is 12.5. The molecule has 0 amide bonds. The Morgan fingerprint density at radius 2 is 1.96 bits per heavy atom. The molecule has 0 aliphatic rings. The molecule has 3 rings (SSSR count). The molecule has 2 heterocycles. The molecule has 26 heavy (non-hydrogen) atoms. The molecule has 0 atom stereocenters. The van der Waals surface area contributed by atoms with Gasteiger partial charge in [0, 0.05) is 22.7 Å². The molecule has 0 spiro atoms. The van der Waals surface area contributed by atoms with Crippen LogP contribution in [0.15, 0.2) is 47.1 Å². The summed E-state index contributed by atoms with van der Waals surface area (Å²) in [6.07, 6.45) is 1.66. The Morgan fingerprint density at radius 1 is 1.15 bits per heavy atom. The first-order valence-electron chi connectivity index (χ1n) is 8.19. The number of carbonyl (C=O) groups excluding carboxylic acids is 1. The predicted octanol–water partition coefficient (Wildman–Crippen LogP) is 6.17. The van der Waals surface area contributed by atoms with Crippen LogP contribution < -0.4 is 0 Å². The number of furan rings is 1. The Balaban J connectivity index is 1.63. The van der Waals surface area contributed by atoms with Gasteiger partial charge in [0.2, 0.25) is 0 Å². The number of Topliss-reactive ketones (excluding diaryl/α,β-unsaturated/α-hetero) is 1. The second-order valence-corrected chi connectivity index (χ2v) is 7.91. The largest absolute Gasteiger partial charge is 0.467 e. The number of benzene rings is 1. The fourth-order valence-electron chi connectivity index (χ4n) is 2.85. The van der Waals surface area contributed by atoms with Crippen LogP contribution in [0.1, 0.15) is 33.1 Å². The van der Waals surface area contributed by atoms with Crippen molar-refractivity contribution in [3.63, 3.8) is 0 Å². The summed E-state index contributed by atoms with van der Waals surface area (Å²) in [5, 5.41) is 1.08. The summed E-state index contributed by atoms with van der Waals surface area (Å²) < 4.78 is 7.53. The normalized spacial score (nSPS) is 11.1. The van der Waals surface area contributed by atoms with E-state index in [4.69, 9.17) is 27.6 Å². The molecular formula is C20H19Cl2NO2S. The first-order valence-corrected chi connectivity index (χ1v) is 10.1. The van der Waals surface area contributed by atoms with Crippen LogP contribution in [0.5, 0.6) is 0 Å². The van der Waals surface area contributed by atoms with Gasteiger partial charge in [0.15, 0.2) is 5.78 Å². The number of halogens is 2. The van der Waals surface area contributed by atoms with E-state index in [0.29, 0.717) is 28.1 Å². The maximum Gasteiger partial charge on any atom is 0.174 e. The van der Waals surface area contributed by atoms with Gasteiger partial charge in [-0.15, -0.1) is 11.8 Å². The maximum absolute atomic E-state index is 12.6. The van der Waals surface area contributed by atoms with Crippen molar-refractivity contribution >= 4 is 40.7 Å². The number of ketones is 1. The van der Waals surface area contributed by atoms with Crippen molar-refractivity contribution in [3.8, 4) is 0 Å². The third kappa shape index (κ3) is 4.37. The molecule has 0 saturated carbocycles. The number of nitrogens with zero attached hydrogens (tertiary/aromatic N) is 1. The fourth-order valence-corrected chi connectivity index (χ4v) is 4.03. The highest BCUT2D eigenvalue weighted by molar-refractivity contribution is 7.99. The van der Waals surface area contributed by atoms with Crippen molar-refractivity contribution in [1.82, 2.24) is 4.57 Å². The zero-order chi connectivity index (χ0) is 18.7. The topological polar surface area (TPSA) is 35.1 Å². The summed E-state index contributed by atoms with van der Waals surface area (Å²) in [5.41, 5.74) is 3.85. The van der Waals surface area contributed by atoms with E-state index in [1.165, 1.54) is 0 Å². The summed E-state index contributed by atoms with van der Waals surface area (Å²) in [6.45, 7) is 4.62. The van der Waals surface area contributed by atoms with E-state index in [2.05, 4.69) is 4.57 Å². The lowest BCUT2D eigenvalue weighted by atomic mass is 10.2. The molecule has 136 valence electrons. The first kappa shape index (κ1) is 19.2. The third-order valence-electron chi connectivity index (χ3n) is 4.25. The number of hydrogen-bond donors (Lipinski definition) is 0. The molecule has 6 heteroatoms. The van der Waals surface area contributed by atoms with Crippen LogP contribution in [0, 0.1) is 13.8 Å². The Kier molecular flexibility index (Phi) is 6.17. The van der Waals surface area contributed by atoms with Gasteiger partial charge in [-0.2, -0.15) is 0 Å². The van der Waals surface area contributed by atoms with Crippen LogP contribution >= 0.6 is 35.0 Å². The van der Waals surface area contributed by atoms with Crippen LogP contribution in [0.4, 0.5) is 0 Å². The third-order valence-corrected chi connectivity index (χ3v) is 6.00. The van der Waals surface area contributed by atoms with Crippen molar-refractivity contribution in [2.75, 3.05) is 5.75 Å². The van der Waals surface area contributed by atoms with Gasteiger partial charge in [0.05, 0.1) is 28.6 Å². The monoisotopic (exact) mass is 407 g/mol. The van der Waals surface area contributed by atoms with Crippen molar-refractivity contribution in [1.29, 1.82) is 0 Å². The SMILES string of the molecule is Cc1cc(C(=O)CSCc2ccc(Cl)c(Cl)c2)c(C)n1Cc1ccco1. The second-order valence-electron chi connectivity index (χ2n) is 6.11. The highest BCUT2D eigenvalue weighted by atomic mass is 35.5. The molecule has 1 aromatic carbocycles. The molecule has 3 nitrogen and oxygen atoms in total. The minimum atomic E-state index is 0.133. The minimum Gasteiger partial charge on any atom is -0.467 e. The van der Waals surface area contributed by atoms with Gasteiger partial charge in [0.25, 0.3) is 0 Å². The number of carbonyl (C=O) groups is 1. The van der Waals surface area contributed by atoms with E-state index in [1.807, 2.05) is 44.2 Å². The zero-order valence-corrected chi connectivity index (χ0v) is 16.9. The van der Waals surface area contributed by atoms with E-state index < -0.39 is 0 Å². The van der Waals surface area contributed by atoms with Gasteiger partial charge in [-0.05, 0) is 49.7 Å². The van der Waals surface area contributed by atoms with Crippen LogP contribution in [0.25, 0.3) is 0 Å². The van der Waals surface area contributed by atoms with E-state index >= 15 is 0 Å². The molecule has 0 saturated heterocycles. The summed E-state index contributed by atoms with van der Waals surface area (Å²) in [5.74, 6) is 2.15. The summed E-state index contributed by atoms with van der Waals surface area (Å²) in [7, 11) is 0. The lowest BCUT2D eigenvalue weighted by Gasteiger charge is -2.08. The molecule has 0 aliphatic carbocycles. The van der Waals surface area contributed by atoms with Crippen molar-refractivity contribution in [2.45, 2.75) is 26.1 Å². The molecule has 0 bridgehead atoms. The molecule has 2 aromatic heterocycles.